The molecule has 2 rings (SSSR count). The van der Waals surface area contributed by atoms with E-state index in [0.29, 0.717) is 27.5 Å². The zero-order valence-electron chi connectivity index (χ0n) is 10.3. The molecule has 0 saturated heterocycles. The maximum absolute atomic E-state index is 6.08. The molecule has 0 saturated carbocycles. The minimum Gasteiger partial charge on any atom is -0.353 e. The summed E-state index contributed by atoms with van der Waals surface area (Å²) in [5, 5.41) is 14.9. The number of nitrogens with one attached hydrogen (secondary N) is 2. The highest BCUT2D eigenvalue weighted by atomic mass is 35.5. The summed E-state index contributed by atoms with van der Waals surface area (Å²) in [4.78, 5) is 4.27. The summed E-state index contributed by atoms with van der Waals surface area (Å²) in [6.07, 6.45) is 2.49. The van der Waals surface area contributed by atoms with Gasteiger partial charge < -0.3 is 10.6 Å². The Morgan fingerprint density at radius 3 is 2.63 bits per heavy atom. The predicted octanol–water partition coefficient (Wildman–Crippen LogP) is 3.74. The summed E-state index contributed by atoms with van der Waals surface area (Å²) >= 11 is 12.2. The van der Waals surface area contributed by atoms with E-state index in [0.717, 1.165) is 13.0 Å². The maximum Gasteiger partial charge on any atom is 0.244 e. The molecule has 0 aliphatic rings. The van der Waals surface area contributed by atoms with Crippen LogP contribution < -0.4 is 10.6 Å². The molecule has 0 atom stereocenters. The van der Waals surface area contributed by atoms with Gasteiger partial charge in [-0.2, -0.15) is 10.1 Å². The van der Waals surface area contributed by atoms with Gasteiger partial charge in [0.05, 0.1) is 21.9 Å². The molecular formula is C12H13Cl2N5. The Morgan fingerprint density at radius 1 is 1.21 bits per heavy atom. The van der Waals surface area contributed by atoms with Crippen LogP contribution in [0.15, 0.2) is 24.4 Å². The van der Waals surface area contributed by atoms with Gasteiger partial charge in [0.2, 0.25) is 5.95 Å². The number of halogens is 2. The van der Waals surface area contributed by atoms with Gasteiger partial charge in [0.1, 0.15) is 0 Å². The van der Waals surface area contributed by atoms with Crippen molar-refractivity contribution in [3.05, 3.63) is 34.4 Å². The molecule has 0 radical (unpaired) electrons. The first-order valence-corrected chi connectivity index (χ1v) is 6.61. The lowest BCUT2D eigenvalue weighted by molar-refractivity contribution is 0.913. The number of benzene rings is 1. The summed E-state index contributed by atoms with van der Waals surface area (Å²) in [6, 6.07) is 5.28. The predicted molar refractivity (Wildman–Crippen MR) is 78.4 cm³/mol. The Kier molecular flexibility index (Phi) is 4.76. The van der Waals surface area contributed by atoms with Gasteiger partial charge in [0, 0.05) is 6.54 Å². The zero-order chi connectivity index (χ0) is 13.7. The van der Waals surface area contributed by atoms with E-state index in [1.54, 1.807) is 18.2 Å². The minimum absolute atomic E-state index is 0.468. The van der Waals surface area contributed by atoms with E-state index >= 15 is 0 Å². The zero-order valence-corrected chi connectivity index (χ0v) is 11.8. The average molecular weight is 298 g/mol. The first kappa shape index (κ1) is 13.8. The minimum atomic E-state index is 0.468. The van der Waals surface area contributed by atoms with Crippen molar-refractivity contribution in [1.82, 2.24) is 15.2 Å². The first-order valence-electron chi connectivity index (χ1n) is 5.85. The monoisotopic (exact) mass is 297 g/mol. The number of para-hydroxylation sites is 1. The Morgan fingerprint density at radius 2 is 1.95 bits per heavy atom. The number of hydrogen-bond donors (Lipinski definition) is 2. The number of aromatic nitrogens is 3. The molecule has 19 heavy (non-hydrogen) atoms. The maximum atomic E-state index is 6.08. The summed E-state index contributed by atoms with van der Waals surface area (Å²) in [7, 11) is 0. The molecule has 0 amide bonds. The first-order chi connectivity index (χ1) is 9.20. The van der Waals surface area contributed by atoms with Gasteiger partial charge in [-0.15, -0.1) is 5.10 Å². The third kappa shape index (κ3) is 3.68. The molecule has 2 aromatic rings. The molecule has 7 heteroatoms. The third-order valence-corrected chi connectivity index (χ3v) is 2.94. The van der Waals surface area contributed by atoms with Crippen molar-refractivity contribution in [2.45, 2.75) is 13.3 Å². The van der Waals surface area contributed by atoms with E-state index in [9.17, 15) is 0 Å². The van der Waals surface area contributed by atoms with Crippen LogP contribution in [0.2, 0.25) is 10.0 Å². The van der Waals surface area contributed by atoms with E-state index in [1.807, 2.05) is 0 Å². The molecule has 100 valence electrons. The highest BCUT2D eigenvalue weighted by Crippen LogP contribution is 2.31. The van der Waals surface area contributed by atoms with Crippen LogP contribution >= 0.6 is 23.2 Å². The summed E-state index contributed by atoms with van der Waals surface area (Å²) in [6.45, 7) is 2.85. The molecule has 1 aromatic heterocycles. The van der Waals surface area contributed by atoms with Crippen molar-refractivity contribution in [3.8, 4) is 0 Å². The molecule has 0 aliphatic heterocycles. The van der Waals surface area contributed by atoms with E-state index in [2.05, 4.69) is 32.7 Å². The van der Waals surface area contributed by atoms with Gasteiger partial charge in [0.25, 0.3) is 0 Å². The molecule has 0 aliphatic carbocycles. The van der Waals surface area contributed by atoms with Crippen molar-refractivity contribution in [3.63, 3.8) is 0 Å². The van der Waals surface area contributed by atoms with Gasteiger partial charge in [-0.05, 0) is 18.6 Å². The van der Waals surface area contributed by atoms with Crippen molar-refractivity contribution >= 4 is 40.7 Å². The number of nitrogens with zero attached hydrogens (tertiary/aromatic N) is 3. The van der Waals surface area contributed by atoms with Gasteiger partial charge in [-0.3, -0.25) is 0 Å². The molecule has 0 fully saturated rings. The van der Waals surface area contributed by atoms with Gasteiger partial charge in [0.15, 0.2) is 5.82 Å². The fraction of sp³-hybridized carbons (Fsp3) is 0.250. The van der Waals surface area contributed by atoms with Crippen molar-refractivity contribution in [2.75, 3.05) is 17.2 Å². The van der Waals surface area contributed by atoms with Crippen LogP contribution in [0.4, 0.5) is 17.5 Å². The Hall–Kier alpha value is -1.59. The third-order valence-electron chi connectivity index (χ3n) is 2.31. The Balaban J connectivity index is 2.19. The molecule has 2 N–H and O–H groups in total. The fourth-order valence-electron chi connectivity index (χ4n) is 1.42. The highest BCUT2D eigenvalue weighted by Gasteiger charge is 2.07. The fourth-order valence-corrected chi connectivity index (χ4v) is 1.91. The van der Waals surface area contributed by atoms with Gasteiger partial charge in [-0.1, -0.05) is 36.2 Å². The van der Waals surface area contributed by atoms with Crippen LogP contribution in [0, 0.1) is 0 Å². The highest BCUT2D eigenvalue weighted by molar-refractivity contribution is 6.39. The van der Waals surface area contributed by atoms with Crippen LogP contribution in [-0.4, -0.2) is 21.7 Å². The summed E-state index contributed by atoms with van der Waals surface area (Å²) < 4.78 is 0. The Labute approximate surface area is 121 Å². The molecule has 5 nitrogen and oxygen atoms in total. The molecule has 0 bridgehead atoms. The standard InChI is InChI=1S/C12H13Cl2N5/c1-2-6-15-12-18-10(7-16-19-12)17-11-8(13)4-3-5-9(11)14/h3-5,7H,2,6H2,1H3,(H2,15,17,18,19). The van der Waals surface area contributed by atoms with Gasteiger partial charge >= 0.3 is 0 Å². The van der Waals surface area contributed by atoms with Crippen LogP contribution in [0.25, 0.3) is 0 Å². The molecule has 1 heterocycles. The lowest BCUT2D eigenvalue weighted by atomic mass is 10.3. The summed E-state index contributed by atoms with van der Waals surface area (Å²) in [5.41, 5.74) is 0.604. The normalized spacial score (nSPS) is 10.3. The molecular weight excluding hydrogens is 285 g/mol. The second kappa shape index (κ2) is 6.54. The molecule has 0 unspecified atom stereocenters. The quantitative estimate of drug-likeness (QED) is 0.880. The number of rotatable bonds is 5. The van der Waals surface area contributed by atoms with Crippen LogP contribution in [0.1, 0.15) is 13.3 Å². The smallest absolute Gasteiger partial charge is 0.244 e. The van der Waals surface area contributed by atoms with Crippen molar-refractivity contribution in [1.29, 1.82) is 0 Å². The van der Waals surface area contributed by atoms with E-state index in [-0.39, 0.29) is 0 Å². The van der Waals surface area contributed by atoms with Crippen LogP contribution in [-0.2, 0) is 0 Å². The largest absolute Gasteiger partial charge is 0.353 e. The molecule has 1 aromatic carbocycles. The van der Waals surface area contributed by atoms with E-state index < -0.39 is 0 Å². The number of anilines is 3. The molecule has 0 spiro atoms. The second-order valence-corrected chi connectivity index (χ2v) is 4.63. The average Bonchev–Trinajstić information content (AvgIpc) is 2.41. The lowest BCUT2D eigenvalue weighted by Crippen LogP contribution is -2.07. The van der Waals surface area contributed by atoms with Gasteiger partial charge in [-0.25, -0.2) is 0 Å². The second-order valence-electron chi connectivity index (χ2n) is 3.81. The topological polar surface area (TPSA) is 62.7 Å². The van der Waals surface area contributed by atoms with Crippen LogP contribution in [0.3, 0.4) is 0 Å². The van der Waals surface area contributed by atoms with E-state index in [4.69, 9.17) is 23.2 Å². The number of hydrogen-bond acceptors (Lipinski definition) is 5. The van der Waals surface area contributed by atoms with Crippen molar-refractivity contribution < 1.29 is 0 Å². The van der Waals surface area contributed by atoms with Crippen molar-refractivity contribution in [2.24, 2.45) is 0 Å². The lowest BCUT2D eigenvalue weighted by Gasteiger charge is -2.10. The SMILES string of the molecule is CCCNc1nncc(Nc2c(Cl)cccc2Cl)n1. The Bertz CT molecular complexity index is 541. The summed E-state index contributed by atoms with van der Waals surface area (Å²) in [5.74, 6) is 0.999. The van der Waals surface area contributed by atoms with Crippen LogP contribution in [0.5, 0.6) is 0 Å². The van der Waals surface area contributed by atoms with E-state index in [1.165, 1.54) is 6.20 Å².